The van der Waals surface area contributed by atoms with E-state index in [0.29, 0.717) is 5.82 Å². The number of carboxylic acid groups (broad SMARTS) is 1. The van der Waals surface area contributed by atoms with E-state index in [-0.39, 0.29) is 6.42 Å². The number of hydrogen-bond donors (Lipinski definition) is 3. The largest absolute Gasteiger partial charge is 0.481 e. The number of aliphatic hydroxyl groups excluding tert-OH is 1. The molecule has 0 radical (unpaired) electrons. The third-order valence-electron chi connectivity index (χ3n) is 3.72. The van der Waals surface area contributed by atoms with Gasteiger partial charge in [-0.1, -0.05) is 12.1 Å². The molecule has 2 aromatic rings. The van der Waals surface area contributed by atoms with Gasteiger partial charge in [-0.3, -0.25) is 4.79 Å². The molecule has 3 N–H and O–H groups in total. The number of carboxylic acids is 1. The van der Waals surface area contributed by atoms with E-state index < -0.39 is 12.2 Å². The lowest BCUT2D eigenvalue weighted by molar-refractivity contribution is -0.136. The van der Waals surface area contributed by atoms with E-state index >= 15 is 0 Å². The van der Waals surface area contributed by atoms with Gasteiger partial charge in [-0.15, -0.1) is 0 Å². The zero-order chi connectivity index (χ0) is 16.4. The van der Waals surface area contributed by atoms with Crippen LogP contribution >= 0.6 is 0 Å². The predicted octanol–water partition coefficient (Wildman–Crippen LogP) is 2.23. The second-order valence-corrected chi connectivity index (χ2v) is 5.37. The van der Waals surface area contributed by atoms with E-state index in [9.17, 15) is 9.90 Å². The molecule has 118 valence electrons. The molecule has 0 saturated heterocycles. The van der Waals surface area contributed by atoms with E-state index in [1.165, 1.54) is 0 Å². The van der Waals surface area contributed by atoms with Gasteiger partial charge in [-0.25, -0.2) is 4.98 Å². The number of nitrogens with one attached hydrogen (secondary N) is 1. The van der Waals surface area contributed by atoms with Crippen molar-refractivity contribution >= 4 is 29.2 Å². The van der Waals surface area contributed by atoms with E-state index in [1.54, 1.807) is 36.4 Å². The Balaban J connectivity index is 1.85. The molecular formula is C17H17N3O3. The summed E-state index contributed by atoms with van der Waals surface area (Å²) in [6.07, 6.45) is 4.55. The average Bonchev–Trinajstić information content (AvgIpc) is 2.53. The van der Waals surface area contributed by atoms with Crippen LogP contribution in [0.15, 0.2) is 42.6 Å². The average molecular weight is 311 g/mol. The highest BCUT2D eigenvalue weighted by Gasteiger charge is 2.20. The molecular weight excluding hydrogens is 294 g/mol. The van der Waals surface area contributed by atoms with Crippen LogP contribution in [0.2, 0.25) is 0 Å². The summed E-state index contributed by atoms with van der Waals surface area (Å²) in [6.45, 7) is 0. The Bertz CT molecular complexity index is 756. The highest BCUT2D eigenvalue weighted by Crippen LogP contribution is 2.32. The zero-order valence-electron chi connectivity index (χ0n) is 12.6. The lowest BCUT2D eigenvalue weighted by Gasteiger charge is -2.28. The second-order valence-electron chi connectivity index (χ2n) is 5.37. The van der Waals surface area contributed by atoms with Gasteiger partial charge in [0.05, 0.1) is 12.1 Å². The van der Waals surface area contributed by atoms with Crippen LogP contribution in [0, 0.1) is 0 Å². The van der Waals surface area contributed by atoms with Gasteiger partial charge in [0.1, 0.15) is 12.0 Å². The molecule has 0 amide bonds. The van der Waals surface area contributed by atoms with Gasteiger partial charge >= 0.3 is 5.97 Å². The molecule has 0 bridgehead atoms. The fourth-order valence-electron chi connectivity index (χ4n) is 2.49. The number of aliphatic carboxylic acids is 1. The number of anilines is 3. The Morgan fingerprint density at radius 1 is 1.30 bits per heavy atom. The highest BCUT2D eigenvalue weighted by atomic mass is 16.4. The maximum absolute atomic E-state index is 10.7. The Kier molecular flexibility index (Phi) is 3.99. The van der Waals surface area contributed by atoms with Crippen molar-refractivity contribution in [2.24, 2.45) is 0 Å². The summed E-state index contributed by atoms with van der Waals surface area (Å²) < 4.78 is 0. The Labute approximate surface area is 133 Å². The minimum absolute atomic E-state index is 0.0103. The van der Waals surface area contributed by atoms with Gasteiger partial charge < -0.3 is 20.4 Å². The summed E-state index contributed by atoms with van der Waals surface area (Å²) in [6, 6.07) is 9.12. The predicted molar refractivity (Wildman–Crippen MR) is 88.7 cm³/mol. The lowest BCUT2D eigenvalue weighted by Crippen LogP contribution is -2.32. The van der Waals surface area contributed by atoms with Crippen molar-refractivity contribution in [1.82, 2.24) is 4.98 Å². The molecule has 0 fully saturated rings. The molecule has 0 saturated carbocycles. The quantitative estimate of drug-likeness (QED) is 0.803. The highest BCUT2D eigenvalue weighted by molar-refractivity contribution is 5.81. The Morgan fingerprint density at radius 2 is 2.04 bits per heavy atom. The molecule has 1 atom stereocenters. The number of pyridine rings is 1. The van der Waals surface area contributed by atoms with Crippen molar-refractivity contribution < 1.29 is 15.0 Å². The van der Waals surface area contributed by atoms with Crippen LogP contribution in [-0.4, -0.2) is 34.4 Å². The van der Waals surface area contributed by atoms with Crippen LogP contribution in [0.5, 0.6) is 0 Å². The molecule has 6 nitrogen and oxygen atoms in total. The van der Waals surface area contributed by atoms with Gasteiger partial charge in [-0.2, -0.15) is 0 Å². The summed E-state index contributed by atoms with van der Waals surface area (Å²) >= 11 is 0. The fourth-order valence-corrected chi connectivity index (χ4v) is 2.49. The van der Waals surface area contributed by atoms with Crippen molar-refractivity contribution in [1.29, 1.82) is 0 Å². The zero-order valence-corrected chi connectivity index (χ0v) is 12.6. The summed E-state index contributed by atoms with van der Waals surface area (Å²) in [5, 5.41) is 21.9. The fraction of sp³-hybridized carbons (Fsp3) is 0.176. The van der Waals surface area contributed by atoms with E-state index in [0.717, 1.165) is 22.5 Å². The number of carbonyl (C=O) groups is 1. The molecule has 23 heavy (non-hydrogen) atoms. The van der Waals surface area contributed by atoms with Crippen LogP contribution in [0.3, 0.4) is 0 Å². The van der Waals surface area contributed by atoms with Gasteiger partial charge in [0.15, 0.2) is 0 Å². The molecule has 0 aliphatic carbocycles. The van der Waals surface area contributed by atoms with Gasteiger partial charge in [-0.05, 0) is 35.9 Å². The third-order valence-corrected chi connectivity index (χ3v) is 3.72. The van der Waals surface area contributed by atoms with Crippen LogP contribution in [0.1, 0.15) is 11.1 Å². The minimum Gasteiger partial charge on any atom is -0.481 e. The smallest absolute Gasteiger partial charge is 0.307 e. The number of aliphatic hydroxyl groups is 1. The van der Waals surface area contributed by atoms with Crippen LogP contribution in [0.25, 0.3) is 6.08 Å². The lowest BCUT2D eigenvalue weighted by atomic mass is 10.1. The third kappa shape index (κ3) is 3.17. The second kappa shape index (κ2) is 6.10. The number of benzene rings is 1. The summed E-state index contributed by atoms with van der Waals surface area (Å²) in [5.74, 6) is -0.145. The summed E-state index contributed by atoms with van der Waals surface area (Å²) in [7, 11) is 1.78. The SMILES string of the molecule is CN1c2nccc(Nc3ccc(CC(=O)O)cc3)c2C=CC1O. The first-order valence-electron chi connectivity index (χ1n) is 7.20. The number of hydrogen-bond acceptors (Lipinski definition) is 5. The molecule has 1 aromatic heterocycles. The van der Waals surface area contributed by atoms with Crippen LogP contribution in [0.4, 0.5) is 17.2 Å². The van der Waals surface area contributed by atoms with E-state index in [2.05, 4.69) is 10.3 Å². The first-order chi connectivity index (χ1) is 11.0. The van der Waals surface area contributed by atoms with Gasteiger partial charge in [0, 0.05) is 24.5 Å². The van der Waals surface area contributed by atoms with Gasteiger partial charge in [0.25, 0.3) is 0 Å². The maximum atomic E-state index is 10.7. The van der Waals surface area contributed by atoms with Crippen molar-refractivity contribution in [2.45, 2.75) is 12.6 Å². The number of rotatable bonds is 4. The molecule has 1 aliphatic rings. The Hall–Kier alpha value is -2.86. The topological polar surface area (TPSA) is 85.7 Å². The standard InChI is InChI=1S/C17H17N3O3/c1-20-15(21)7-6-13-14(8-9-18-17(13)20)19-12-4-2-11(3-5-12)10-16(22)23/h2-9,15,21H,10H2,1H3,(H,18,19)(H,22,23). The molecule has 1 aliphatic heterocycles. The maximum Gasteiger partial charge on any atom is 0.307 e. The first-order valence-corrected chi connectivity index (χ1v) is 7.20. The Morgan fingerprint density at radius 3 is 2.74 bits per heavy atom. The van der Waals surface area contributed by atoms with Crippen molar-refractivity contribution in [2.75, 3.05) is 17.3 Å². The van der Waals surface area contributed by atoms with Crippen molar-refractivity contribution in [3.8, 4) is 0 Å². The molecule has 3 rings (SSSR count). The minimum atomic E-state index is -0.847. The number of fused-ring (bicyclic) bond motifs is 1. The van der Waals surface area contributed by atoms with Crippen molar-refractivity contribution in [3.05, 3.63) is 53.7 Å². The summed E-state index contributed by atoms with van der Waals surface area (Å²) in [4.78, 5) is 16.7. The van der Waals surface area contributed by atoms with Crippen LogP contribution in [-0.2, 0) is 11.2 Å². The number of nitrogens with zero attached hydrogens (tertiary/aromatic N) is 2. The summed E-state index contributed by atoms with van der Waals surface area (Å²) in [5.41, 5.74) is 3.38. The van der Waals surface area contributed by atoms with Crippen LogP contribution < -0.4 is 10.2 Å². The molecule has 1 aromatic carbocycles. The van der Waals surface area contributed by atoms with E-state index in [4.69, 9.17) is 5.11 Å². The van der Waals surface area contributed by atoms with E-state index in [1.807, 2.05) is 24.3 Å². The first kappa shape index (κ1) is 15.1. The molecule has 6 heteroatoms. The number of likely N-dealkylation sites (N-methyl/N-ethyl adjacent to an activating group) is 1. The normalized spacial score (nSPS) is 16.1. The molecule has 0 spiro atoms. The van der Waals surface area contributed by atoms with Crippen molar-refractivity contribution in [3.63, 3.8) is 0 Å². The van der Waals surface area contributed by atoms with Gasteiger partial charge in [0.2, 0.25) is 0 Å². The molecule has 1 unspecified atom stereocenters. The monoisotopic (exact) mass is 311 g/mol. The number of aromatic nitrogens is 1. The molecule has 2 heterocycles.